The van der Waals surface area contributed by atoms with Crippen LogP contribution in [0.4, 0.5) is 4.39 Å². The summed E-state index contributed by atoms with van der Waals surface area (Å²) >= 11 is 0. The molecule has 0 amide bonds. The quantitative estimate of drug-likeness (QED) is 0.289. The van der Waals surface area contributed by atoms with Crippen molar-refractivity contribution in [3.05, 3.63) is 84.9 Å². The van der Waals surface area contributed by atoms with Crippen LogP contribution < -0.4 is 4.74 Å². The van der Waals surface area contributed by atoms with Crippen LogP contribution in [-0.4, -0.2) is 57.3 Å². The van der Waals surface area contributed by atoms with Gasteiger partial charge >= 0.3 is 0 Å². The first-order valence-corrected chi connectivity index (χ1v) is 12.0. The van der Waals surface area contributed by atoms with Gasteiger partial charge in [0.2, 0.25) is 0 Å². The van der Waals surface area contributed by atoms with Gasteiger partial charge in [-0.1, -0.05) is 12.1 Å². The fourth-order valence-corrected chi connectivity index (χ4v) is 4.45. The monoisotopic (exact) mass is 492 g/mol. The van der Waals surface area contributed by atoms with Crippen molar-refractivity contribution in [3.8, 4) is 39.7 Å². The van der Waals surface area contributed by atoms with Crippen LogP contribution >= 0.6 is 0 Å². The lowest BCUT2D eigenvalue weighted by atomic mass is 10.1. The first-order valence-electron chi connectivity index (χ1n) is 12.0. The van der Waals surface area contributed by atoms with Crippen LogP contribution in [0.1, 0.15) is 0 Å². The highest BCUT2D eigenvalue weighted by Gasteiger charge is 2.16. The summed E-state index contributed by atoms with van der Waals surface area (Å²) in [6.07, 6.45) is 3.50. The van der Waals surface area contributed by atoms with Crippen LogP contribution in [0.15, 0.2) is 79.1 Å². The van der Waals surface area contributed by atoms with Crippen molar-refractivity contribution >= 4 is 21.8 Å². The summed E-state index contributed by atoms with van der Waals surface area (Å²) in [4.78, 5) is 14.5. The standard InChI is InChI=1S/C29H25FN6O/c1-36(2)11-12-37-21-14-19(13-20(30)16-21)28-23-17-27(33-25(23)8-10-32-28)29-22-15-18(6-7-26(22)34-35-29)24-5-3-4-9-31-24/h3-10,13-17,33H,11-12H2,1-2H3,(H,34,35). The largest absolute Gasteiger partial charge is 0.492 e. The smallest absolute Gasteiger partial charge is 0.127 e. The van der Waals surface area contributed by atoms with Crippen molar-refractivity contribution in [3.63, 3.8) is 0 Å². The fourth-order valence-electron chi connectivity index (χ4n) is 4.45. The Bertz CT molecular complexity index is 1710. The van der Waals surface area contributed by atoms with Crippen molar-refractivity contribution in [2.45, 2.75) is 0 Å². The van der Waals surface area contributed by atoms with Crippen molar-refractivity contribution in [2.24, 2.45) is 0 Å². The zero-order valence-electron chi connectivity index (χ0n) is 20.5. The maximum absolute atomic E-state index is 14.5. The molecule has 0 aliphatic carbocycles. The van der Waals surface area contributed by atoms with Crippen LogP contribution in [-0.2, 0) is 0 Å². The van der Waals surface area contributed by atoms with Crippen molar-refractivity contribution < 1.29 is 9.13 Å². The molecule has 0 saturated carbocycles. The first kappa shape index (κ1) is 22.9. The highest BCUT2D eigenvalue weighted by atomic mass is 19.1. The van der Waals surface area contributed by atoms with Gasteiger partial charge in [0.1, 0.15) is 23.9 Å². The number of H-pyrrole nitrogens is 2. The third-order valence-electron chi connectivity index (χ3n) is 6.28. The number of nitrogens with zero attached hydrogens (tertiary/aromatic N) is 4. The molecule has 8 heteroatoms. The average molecular weight is 493 g/mol. The van der Waals surface area contributed by atoms with E-state index in [4.69, 9.17) is 4.74 Å². The molecule has 7 nitrogen and oxygen atoms in total. The lowest BCUT2D eigenvalue weighted by Gasteiger charge is -2.12. The van der Waals surface area contributed by atoms with E-state index in [2.05, 4.69) is 31.2 Å². The molecule has 0 radical (unpaired) electrons. The summed E-state index contributed by atoms with van der Waals surface area (Å²) in [5.74, 6) is 0.110. The molecule has 0 unspecified atom stereocenters. The Balaban J connectivity index is 1.41. The molecule has 2 aromatic carbocycles. The third-order valence-corrected chi connectivity index (χ3v) is 6.28. The first-order chi connectivity index (χ1) is 18.0. The molecule has 37 heavy (non-hydrogen) atoms. The molecule has 6 rings (SSSR count). The average Bonchev–Trinajstić information content (AvgIpc) is 3.52. The second kappa shape index (κ2) is 9.48. The van der Waals surface area contributed by atoms with E-state index in [1.165, 1.54) is 12.1 Å². The van der Waals surface area contributed by atoms with Crippen molar-refractivity contribution in [2.75, 3.05) is 27.2 Å². The number of nitrogens with one attached hydrogen (secondary N) is 2. The minimum atomic E-state index is -0.368. The maximum atomic E-state index is 14.5. The van der Waals surface area contributed by atoms with Crippen LogP contribution in [0.25, 0.3) is 55.7 Å². The van der Waals surface area contributed by atoms with E-state index < -0.39 is 0 Å². The molecule has 0 aliphatic heterocycles. The molecule has 184 valence electrons. The minimum absolute atomic E-state index is 0.368. The minimum Gasteiger partial charge on any atom is -0.492 e. The zero-order chi connectivity index (χ0) is 25.4. The Kier molecular flexibility index (Phi) is 5.86. The summed E-state index contributed by atoms with van der Waals surface area (Å²) in [6, 6.07) is 20.6. The number of hydrogen-bond donors (Lipinski definition) is 2. The van der Waals surface area contributed by atoms with Gasteiger partial charge in [-0.15, -0.1) is 0 Å². The van der Waals surface area contributed by atoms with Crippen LogP contribution in [0.2, 0.25) is 0 Å². The van der Waals surface area contributed by atoms with Crippen LogP contribution in [0.3, 0.4) is 0 Å². The number of aromatic amines is 2. The molecule has 0 aliphatic rings. The predicted molar refractivity (Wildman–Crippen MR) is 144 cm³/mol. The number of benzene rings is 2. The van der Waals surface area contributed by atoms with E-state index in [-0.39, 0.29) is 5.82 Å². The number of ether oxygens (including phenoxy) is 1. The van der Waals surface area contributed by atoms with Gasteiger partial charge in [-0.3, -0.25) is 15.1 Å². The van der Waals surface area contributed by atoms with Gasteiger partial charge in [-0.2, -0.15) is 5.10 Å². The molecule has 0 spiro atoms. The summed E-state index contributed by atoms with van der Waals surface area (Å²) in [7, 11) is 3.94. The van der Waals surface area contributed by atoms with Gasteiger partial charge in [-0.05, 0) is 62.6 Å². The van der Waals surface area contributed by atoms with Crippen molar-refractivity contribution in [1.82, 2.24) is 30.0 Å². The summed E-state index contributed by atoms with van der Waals surface area (Å²) in [5.41, 5.74) is 6.68. The molecular weight excluding hydrogens is 467 g/mol. The van der Waals surface area contributed by atoms with E-state index in [1.54, 1.807) is 12.4 Å². The summed E-state index contributed by atoms with van der Waals surface area (Å²) in [6.45, 7) is 1.20. The Labute approximate surface area is 213 Å². The molecule has 0 bridgehead atoms. The molecule has 4 heterocycles. The molecule has 6 aromatic rings. The molecule has 4 aromatic heterocycles. The van der Waals surface area contributed by atoms with Crippen molar-refractivity contribution in [1.29, 1.82) is 0 Å². The zero-order valence-corrected chi connectivity index (χ0v) is 20.5. The SMILES string of the molecule is CN(C)CCOc1cc(F)cc(-c2nccc3[nH]c(-c4n[nH]c5ccc(-c6ccccn6)cc45)cc23)c1. The fraction of sp³-hybridized carbons (Fsp3) is 0.138. The lowest BCUT2D eigenvalue weighted by Crippen LogP contribution is -2.19. The number of aromatic nitrogens is 5. The highest BCUT2D eigenvalue weighted by Crippen LogP contribution is 2.35. The second-order valence-corrected chi connectivity index (χ2v) is 9.18. The number of pyridine rings is 2. The Hall–Kier alpha value is -4.56. The number of hydrogen-bond acceptors (Lipinski definition) is 5. The number of halogens is 1. The van der Waals surface area contributed by atoms with E-state index in [0.717, 1.165) is 51.0 Å². The molecule has 0 atom stereocenters. The van der Waals surface area contributed by atoms with Crippen LogP contribution in [0, 0.1) is 5.82 Å². The van der Waals surface area contributed by atoms with E-state index in [9.17, 15) is 4.39 Å². The van der Waals surface area contributed by atoms with Gasteiger partial charge in [0.15, 0.2) is 0 Å². The molecule has 0 fully saturated rings. The Morgan fingerprint density at radius 2 is 1.73 bits per heavy atom. The Morgan fingerprint density at radius 3 is 2.57 bits per heavy atom. The third kappa shape index (κ3) is 4.54. The lowest BCUT2D eigenvalue weighted by molar-refractivity contribution is 0.260. The summed E-state index contributed by atoms with van der Waals surface area (Å²) in [5, 5.41) is 9.57. The molecule has 0 saturated heterocycles. The number of rotatable bonds is 7. The van der Waals surface area contributed by atoms with Gasteiger partial charge in [0.25, 0.3) is 0 Å². The van der Waals surface area contributed by atoms with Crippen LogP contribution in [0.5, 0.6) is 5.75 Å². The maximum Gasteiger partial charge on any atom is 0.127 e. The van der Waals surface area contributed by atoms with E-state index >= 15 is 0 Å². The topological polar surface area (TPSA) is 82.7 Å². The Morgan fingerprint density at radius 1 is 0.838 bits per heavy atom. The number of likely N-dealkylation sites (N-methyl/N-ethyl adjacent to an activating group) is 1. The summed E-state index contributed by atoms with van der Waals surface area (Å²) < 4.78 is 20.3. The van der Waals surface area contributed by atoms with Gasteiger partial charge in [0.05, 0.1) is 22.6 Å². The number of fused-ring (bicyclic) bond motifs is 2. The van der Waals surface area contributed by atoms with Gasteiger partial charge < -0.3 is 14.6 Å². The van der Waals surface area contributed by atoms with Gasteiger partial charge in [-0.25, -0.2) is 4.39 Å². The predicted octanol–water partition coefficient (Wildman–Crippen LogP) is 5.91. The highest BCUT2D eigenvalue weighted by molar-refractivity contribution is 6.00. The van der Waals surface area contributed by atoms with Gasteiger partial charge in [0, 0.05) is 52.4 Å². The molecule has 2 N–H and O–H groups in total. The normalized spacial score (nSPS) is 11.6. The van der Waals surface area contributed by atoms with E-state index in [0.29, 0.717) is 23.6 Å². The molecular formula is C29H25FN6O. The second-order valence-electron chi connectivity index (χ2n) is 9.18. The van der Waals surface area contributed by atoms with E-state index in [1.807, 2.05) is 67.5 Å².